The molecule has 0 aromatic carbocycles. The Morgan fingerprint density at radius 1 is 1.64 bits per heavy atom. The molecule has 0 aliphatic heterocycles. The van der Waals surface area contributed by atoms with Crippen LogP contribution in [0.25, 0.3) is 0 Å². The van der Waals surface area contributed by atoms with E-state index in [0.717, 1.165) is 6.20 Å². The van der Waals surface area contributed by atoms with E-state index in [1.54, 1.807) is 6.08 Å². The van der Waals surface area contributed by atoms with Crippen LogP contribution in [0.2, 0.25) is 0 Å². The van der Waals surface area contributed by atoms with Gasteiger partial charge in [-0.3, -0.25) is 4.98 Å². The van der Waals surface area contributed by atoms with Crippen molar-refractivity contribution in [3.63, 3.8) is 0 Å². The Bertz CT molecular complexity index is 341. The fourth-order valence-electron chi connectivity index (χ4n) is 0.820. The summed E-state index contributed by atoms with van der Waals surface area (Å²) < 4.78 is 12.6. The zero-order valence-corrected chi connectivity index (χ0v) is 7.46. The Morgan fingerprint density at radius 2 is 2.43 bits per heavy atom. The molecule has 14 heavy (non-hydrogen) atoms. The molecule has 0 aliphatic rings. The maximum absolute atomic E-state index is 12.6. The number of carbonyl (C=O) groups excluding carboxylic acids is 1. The van der Waals surface area contributed by atoms with Crippen LogP contribution in [0.1, 0.15) is 0 Å². The highest BCUT2D eigenvalue weighted by Crippen LogP contribution is 2.05. The average molecular weight is 195 g/mol. The van der Waals surface area contributed by atoms with Crippen LogP contribution in [-0.2, 0) is 0 Å². The smallest absolute Gasteiger partial charge is 0.319 e. The first kappa shape index (κ1) is 10.2. The summed E-state index contributed by atoms with van der Waals surface area (Å²) in [6.07, 6.45) is 3.97. The number of pyridine rings is 1. The van der Waals surface area contributed by atoms with Crippen LogP contribution in [0.3, 0.4) is 0 Å². The van der Waals surface area contributed by atoms with Gasteiger partial charge in [0.25, 0.3) is 0 Å². The minimum absolute atomic E-state index is 0.312. The van der Waals surface area contributed by atoms with Crippen molar-refractivity contribution < 1.29 is 9.18 Å². The maximum atomic E-state index is 12.6. The quantitative estimate of drug-likeness (QED) is 0.718. The van der Waals surface area contributed by atoms with Gasteiger partial charge in [0.2, 0.25) is 0 Å². The third-order valence-corrected chi connectivity index (χ3v) is 1.37. The first-order chi connectivity index (χ1) is 6.72. The van der Waals surface area contributed by atoms with Gasteiger partial charge in [0, 0.05) is 12.6 Å². The van der Waals surface area contributed by atoms with Gasteiger partial charge in [-0.1, -0.05) is 6.08 Å². The Balaban J connectivity index is 2.51. The number of amides is 2. The van der Waals surface area contributed by atoms with Crippen molar-refractivity contribution in [2.75, 3.05) is 11.9 Å². The van der Waals surface area contributed by atoms with Crippen molar-refractivity contribution in [3.05, 3.63) is 36.9 Å². The highest BCUT2D eigenvalue weighted by Gasteiger charge is 2.00. The Hall–Kier alpha value is -1.91. The SMILES string of the molecule is C=CCNC(=O)Nc1cncc(F)c1. The summed E-state index contributed by atoms with van der Waals surface area (Å²) in [5.41, 5.74) is 0.312. The van der Waals surface area contributed by atoms with Crippen LogP contribution in [0.15, 0.2) is 31.1 Å². The van der Waals surface area contributed by atoms with Crippen LogP contribution in [0.5, 0.6) is 0 Å². The number of aromatic nitrogens is 1. The Morgan fingerprint density at radius 3 is 3.07 bits per heavy atom. The van der Waals surface area contributed by atoms with Crippen molar-refractivity contribution in [2.24, 2.45) is 0 Å². The molecule has 0 saturated heterocycles. The predicted molar refractivity (Wildman–Crippen MR) is 51.4 cm³/mol. The summed E-state index contributed by atoms with van der Waals surface area (Å²) in [5, 5.41) is 4.90. The Kier molecular flexibility index (Phi) is 3.60. The second-order valence-electron chi connectivity index (χ2n) is 2.52. The van der Waals surface area contributed by atoms with Gasteiger partial charge in [0.1, 0.15) is 5.82 Å². The van der Waals surface area contributed by atoms with Crippen molar-refractivity contribution in [1.29, 1.82) is 0 Å². The normalized spacial score (nSPS) is 9.21. The van der Waals surface area contributed by atoms with Gasteiger partial charge in [-0.05, 0) is 0 Å². The summed E-state index contributed by atoms with van der Waals surface area (Å²) in [6.45, 7) is 3.79. The molecule has 0 fully saturated rings. The van der Waals surface area contributed by atoms with E-state index in [2.05, 4.69) is 22.2 Å². The first-order valence-electron chi connectivity index (χ1n) is 3.98. The highest BCUT2D eigenvalue weighted by molar-refractivity contribution is 5.89. The lowest BCUT2D eigenvalue weighted by atomic mass is 10.4. The molecule has 2 N–H and O–H groups in total. The van der Waals surface area contributed by atoms with E-state index in [1.165, 1.54) is 12.3 Å². The Labute approximate surface area is 80.8 Å². The number of nitrogens with one attached hydrogen (secondary N) is 2. The van der Waals surface area contributed by atoms with Gasteiger partial charge >= 0.3 is 6.03 Å². The van der Waals surface area contributed by atoms with Crippen molar-refractivity contribution in [3.8, 4) is 0 Å². The van der Waals surface area contributed by atoms with Crippen LogP contribution in [-0.4, -0.2) is 17.6 Å². The summed E-state index contributed by atoms with van der Waals surface area (Å²) in [7, 11) is 0. The van der Waals surface area contributed by atoms with E-state index in [-0.39, 0.29) is 0 Å². The van der Waals surface area contributed by atoms with Crippen molar-refractivity contribution in [2.45, 2.75) is 0 Å². The van der Waals surface area contributed by atoms with E-state index >= 15 is 0 Å². The number of halogens is 1. The van der Waals surface area contributed by atoms with E-state index in [1.807, 2.05) is 0 Å². The molecule has 2 amide bonds. The largest absolute Gasteiger partial charge is 0.334 e. The van der Waals surface area contributed by atoms with Gasteiger partial charge in [-0.15, -0.1) is 6.58 Å². The van der Waals surface area contributed by atoms with Gasteiger partial charge < -0.3 is 10.6 Å². The molecule has 0 atom stereocenters. The lowest BCUT2D eigenvalue weighted by Crippen LogP contribution is -2.28. The van der Waals surface area contributed by atoms with Gasteiger partial charge in [-0.2, -0.15) is 0 Å². The van der Waals surface area contributed by atoms with Gasteiger partial charge in [0.05, 0.1) is 18.1 Å². The predicted octanol–water partition coefficient (Wildman–Crippen LogP) is 1.53. The molecule has 0 bridgehead atoms. The molecule has 74 valence electrons. The minimum Gasteiger partial charge on any atom is -0.334 e. The topological polar surface area (TPSA) is 54.0 Å². The molecule has 1 rings (SSSR count). The third kappa shape index (κ3) is 3.22. The molecular weight excluding hydrogens is 185 g/mol. The van der Waals surface area contributed by atoms with E-state index in [4.69, 9.17) is 0 Å². The number of nitrogens with zero attached hydrogens (tertiary/aromatic N) is 1. The number of rotatable bonds is 3. The number of anilines is 1. The molecule has 4 nitrogen and oxygen atoms in total. The van der Waals surface area contributed by atoms with Crippen molar-refractivity contribution >= 4 is 11.7 Å². The second-order valence-corrected chi connectivity index (χ2v) is 2.52. The summed E-state index contributed by atoms with van der Waals surface area (Å²) in [6, 6.07) is 0.762. The molecule has 0 saturated carbocycles. The molecule has 0 aliphatic carbocycles. The molecule has 1 aromatic rings. The van der Waals surface area contributed by atoms with Gasteiger partial charge in [-0.25, -0.2) is 9.18 Å². The van der Waals surface area contributed by atoms with Gasteiger partial charge in [0.15, 0.2) is 0 Å². The number of hydrogen-bond acceptors (Lipinski definition) is 2. The standard InChI is InChI=1S/C9H10FN3O/c1-2-3-12-9(14)13-8-4-7(10)5-11-6-8/h2,4-6H,1,3H2,(H2,12,13,14). The molecule has 0 radical (unpaired) electrons. The highest BCUT2D eigenvalue weighted by atomic mass is 19.1. The zero-order valence-electron chi connectivity index (χ0n) is 7.46. The average Bonchev–Trinajstić information content (AvgIpc) is 2.15. The van der Waals surface area contributed by atoms with Crippen LogP contribution in [0, 0.1) is 5.82 Å². The molecular formula is C9H10FN3O. The molecule has 5 heteroatoms. The zero-order chi connectivity index (χ0) is 10.4. The summed E-state index contributed by atoms with van der Waals surface area (Å²) in [4.78, 5) is 14.6. The molecule has 0 spiro atoms. The molecule has 1 aromatic heterocycles. The van der Waals surface area contributed by atoms with Crippen LogP contribution >= 0.6 is 0 Å². The number of urea groups is 1. The fourth-order valence-corrected chi connectivity index (χ4v) is 0.820. The lowest BCUT2D eigenvalue weighted by Gasteiger charge is -2.04. The van der Waals surface area contributed by atoms with E-state index in [9.17, 15) is 9.18 Å². The van der Waals surface area contributed by atoms with E-state index in [0.29, 0.717) is 12.2 Å². The second kappa shape index (κ2) is 4.96. The maximum Gasteiger partial charge on any atom is 0.319 e. The lowest BCUT2D eigenvalue weighted by molar-refractivity contribution is 0.253. The molecule has 0 unspecified atom stereocenters. The van der Waals surface area contributed by atoms with Crippen LogP contribution in [0.4, 0.5) is 14.9 Å². The number of hydrogen-bond donors (Lipinski definition) is 2. The fraction of sp³-hybridized carbons (Fsp3) is 0.111. The first-order valence-corrected chi connectivity index (χ1v) is 3.98. The van der Waals surface area contributed by atoms with E-state index < -0.39 is 11.8 Å². The molecule has 1 heterocycles. The third-order valence-electron chi connectivity index (χ3n) is 1.37. The summed E-state index contributed by atoms with van der Waals surface area (Å²) >= 11 is 0. The summed E-state index contributed by atoms with van der Waals surface area (Å²) in [5.74, 6) is -0.494. The van der Waals surface area contributed by atoms with Crippen molar-refractivity contribution in [1.82, 2.24) is 10.3 Å². The monoisotopic (exact) mass is 195 g/mol. The number of carbonyl (C=O) groups is 1. The minimum atomic E-state index is -0.494. The van der Waals surface area contributed by atoms with Crippen LogP contribution < -0.4 is 10.6 Å².